The van der Waals surface area contributed by atoms with Gasteiger partial charge in [0.2, 0.25) is 5.91 Å². The zero-order valence-electron chi connectivity index (χ0n) is 14.3. The number of carbonyl (C=O) groups excluding carboxylic acids is 2. The van der Waals surface area contributed by atoms with Gasteiger partial charge in [0, 0.05) is 9.92 Å². The van der Waals surface area contributed by atoms with Crippen LogP contribution in [0, 0.1) is 24.2 Å². The van der Waals surface area contributed by atoms with Crippen molar-refractivity contribution in [1.29, 1.82) is 5.26 Å². The maximum Gasteiger partial charge on any atom is 0.323 e. The second-order valence-electron chi connectivity index (χ2n) is 5.94. The van der Waals surface area contributed by atoms with Crippen molar-refractivity contribution in [3.63, 3.8) is 0 Å². The maximum absolute atomic E-state index is 12.8. The van der Waals surface area contributed by atoms with E-state index in [4.69, 9.17) is 21.6 Å². The second-order valence-corrected chi connectivity index (χ2v) is 7.75. The summed E-state index contributed by atoms with van der Waals surface area (Å²) in [5.74, 6) is -1.17. The molecule has 1 aromatic rings. The Labute approximate surface area is 157 Å². The van der Waals surface area contributed by atoms with Gasteiger partial charge in [0.05, 0.1) is 18.6 Å². The third-order valence-electron chi connectivity index (χ3n) is 4.31. The molecule has 134 valence electrons. The molecule has 1 N–H and O–H groups in total. The summed E-state index contributed by atoms with van der Waals surface area (Å²) >= 11 is 7.40. The summed E-state index contributed by atoms with van der Waals surface area (Å²) in [5.41, 5.74) is 0.948. The number of aryl methyl sites for hydroxylation is 1. The number of nitriles is 1. The third kappa shape index (κ3) is 4.28. The zero-order chi connectivity index (χ0) is 18.4. The van der Waals surface area contributed by atoms with Gasteiger partial charge in [-0.1, -0.05) is 18.0 Å². The van der Waals surface area contributed by atoms with Crippen molar-refractivity contribution in [2.45, 2.75) is 42.8 Å². The van der Waals surface area contributed by atoms with Gasteiger partial charge >= 0.3 is 5.97 Å². The van der Waals surface area contributed by atoms with E-state index in [1.54, 1.807) is 13.0 Å². The molecule has 0 radical (unpaired) electrons. The molecule has 1 amide bonds. The summed E-state index contributed by atoms with van der Waals surface area (Å²) in [6.45, 7) is 3.86. The smallest absolute Gasteiger partial charge is 0.323 e. The molecule has 25 heavy (non-hydrogen) atoms. The Morgan fingerprint density at radius 3 is 2.92 bits per heavy atom. The van der Waals surface area contributed by atoms with Crippen LogP contribution in [-0.4, -0.2) is 29.8 Å². The van der Waals surface area contributed by atoms with Crippen molar-refractivity contribution in [3.8, 4) is 6.07 Å². The molecule has 2 atom stereocenters. The van der Waals surface area contributed by atoms with E-state index in [2.05, 4.69) is 5.32 Å². The van der Waals surface area contributed by atoms with Gasteiger partial charge in [0.25, 0.3) is 0 Å². The Kier molecular flexibility index (Phi) is 6.74. The number of carbonyl (C=O) groups is 2. The lowest BCUT2D eigenvalue weighted by atomic mass is 9.94. The number of halogens is 1. The Morgan fingerprint density at radius 1 is 1.52 bits per heavy atom. The highest BCUT2D eigenvalue weighted by Gasteiger charge is 2.54. The van der Waals surface area contributed by atoms with Crippen LogP contribution in [0.5, 0.6) is 0 Å². The summed E-state index contributed by atoms with van der Waals surface area (Å²) in [5, 5.41) is 11.9. The average Bonchev–Trinajstić information content (AvgIpc) is 3.00. The Balaban J connectivity index is 2.38. The van der Waals surface area contributed by atoms with Gasteiger partial charge in [-0.25, -0.2) is 0 Å². The van der Waals surface area contributed by atoms with Crippen molar-refractivity contribution in [2.24, 2.45) is 5.92 Å². The lowest BCUT2D eigenvalue weighted by molar-refractivity contribution is -0.149. The van der Waals surface area contributed by atoms with Gasteiger partial charge in [-0.2, -0.15) is 5.26 Å². The Hall–Kier alpha value is -1.71. The molecule has 0 heterocycles. The van der Waals surface area contributed by atoms with Crippen LogP contribution in [0.3, 0.4) is 0 Å². The van der Waals surface area contributed by atoms with Gasteiger partial charge in [0.15, 0.2) is 0 Å². The van der Waals surface area contributed by atoms with E-state index in [0.29, 0.717) is 17.9 Å². The molecule has 0 bridgehead atoms. The number of benzene rings is 1. The van der Waals surface area contributed by atoms with E-state index < -0.39 is 10.7 Å². The predicted molar refractivity (Wildman–Crippen MR) is 97.4 cm³/mol. The van der Waals surface area contributed by atoms with Crippen LogP contribution in [0.1, 0.15) is 31.7 Å². The average molecular weight is 381 g/mol. The number of nitrogens with one attached hydrogen (secondary N) is 1. The molecular formula is C18H21ClN2O3S. The van der Waals surface area contributed by atoms with Crippen LogP contribution in [0.2, 0.25) is 5.02 Å². The van der Waals surface area contributed by atoms with E-state index >= 15 is 0 Å². The first-order valence-electron chi connectivity index (χ1n) is 8.21. The van der Waals surface area contributed by atoms with Gasteiger partial charge in [-0.05, 0) is 50.5 Å². The molecule has 1 fully saturated rings. The quantitative estimate of drug-likeness (QED) is 0.603. The van der Waals surface area contributed by atoms with Crippen LogP contribution >= 0.6 is 23.4 Å². The third-order valence-corrected chi connectivity index (χ3v) is 6.24. The lowest BCUT2D eigenvalue weighted by Gasteiger charge is -2.32. The van der Waals surface area contributed by atoms with Crippen LogP contribution in [-0.2, 0) is 14.3 Å². The van der Waals surface area contributed by atoms with Crippen molar-refractivity contribution < 1.29 is 14.3 Å². The van der Waals surface area contributed by atoms with Crippen molar-refractivity contribution in [2.75, 3.05) is 13.2 Å². The number of esters is 1. The number of rotatable bonds is 6. The molecule has 5 nitrogen and oxygen atoms in total. The van der Waals surface area contributed by atoms with E-state index in [1.807, 2.05) is 25.1 Å². The second kappa shape index (κ2) is 8.59. The highest BCUT2D eigenvalue weighted by Crippen LogP contribution is 2.51. The fourth-order valence-electron chi connectivity index (χ4n) is 3.15. The number of ether oxygens (including phenoxy) is 1. The van der Waals surface area contributed by atoms with Crippen LogP contribution in [0.15, 0.2) is 23.1 Å². The van der Waals surface area contributed by atoms with Gasteiger partial charge in [-0.15, -0.1) is 11.8 Å². The molecule has 2 rings (SSSR count). The van der Waals surface area contributed by atoms with Gasteiger partial charge in [-0.3, -0.25) is 9.59 Å². The number of amides is 1. The molecule has 1 aromatic carbocycles. The number of nitrogens with zero attached hydrogens (tertiary/aromatic N) is 1. The van der Waals surface area contributed by atoms with Crippen molar-refractivity contribution in [1.82, 2.24) is 5.32 Å². The molecule has 1 aliphatic rings. The summed E-state index contributed by atoms with van der Waals surface area (Å²) in [4.78, 5) is 26.3. The zero-order valence-corrected chi connectivity index (χ0v) is 15.9. The van der Waals surface area contributed by atoms with Crippen LogP contribution < -0.4 is 5.32 Å². The number of thioether (sulfide) groups is 1. The largest absolute Gasteiger partial charge is 0.465 e. The summed E-state index contributed by atoms with van der Waals surface area (Å²) < 4.78 is 4.34. The molecule has 7 heteroatoms. The molecule has 2 unspecified atom stereocenters. The van der Waals surface area contributed by atoms with Gasteiger partial charge < -0.3 is 10.1 Å². The molecule has 1 aliphatic carbocycles. The topological polar surface area (TPSA) is 79.2 Å². The summed E-state index contributed by atoms with van der Waals surface area (Å²) in [6.07, 6.45) is 1.90. The Bertz CT molecular complexity index is 704. The van der Waals surface area contributed by atoms with Crippen LogP contribution in [0.25, 0.3) is 0 Å². The monoisotopic (exact) mass is 380 g/mol. The van der Waals surface area contributed by atoms with Gasteiger partial charge in [0.1, 0.15) is 11.3 Å². The standard InChI is InChI=1S/C18H21ClN2O3S/c1-3-24-17(23)18(25-15-7-6-13(19)11-12(15)2)8-4-5-14(18)16(22)21-10-9-20/h6-7,11,14H,3-5,8,10H2,1-2H3,(H,21,22). The normalized spacial score (nSPS) is 22.2. The molecule has 0 aliphatic heterocycles. The molecule has 0 saturated heterocycles. The minimum absolute atomic E-state index is 0.0706. The molecule has 1 saturated carbocycles. The molecule has 0 spiro atoms. The van der Waals surface area contributed by atoms with Crippen molar-refractivity contribution in [3.05, 3.63) is 28.8 Å². The first kappa shape index (κ1) is 19.6. The van der Waals surface area contributed by atoms with E-state index in [-0.39, 0.29) is 25.0 Å². The van der Waals surface area contributed by atoms with Crippen molar-refractivity contribution >= 4 is 35.2 Å². The number of hydrogen-bond acceptors (Lipinski definition) is 5. The fourth-order valence-corrected chi connectivity index (χ4v) is 4.88. The highest BCUT2D eigenvalue weighted by molar-refractivity contribution is 8.01. The maximum atomic E-state index is 12.8. The molecular weight excluding hydrogens is 360 g/mol. The predicted octanol–water partition coefficient (Wildman–Crippen LogP) is 3.48. The van der Waals surface area contributed by atoms with Crippen LogP contribution in [0.4, 0.5) is 0 Å². The minimum Gasteiger partial charge on any atom is -0.465 e. The van der Waals surface area contributed by atoms with E-state index in [9.17, 15) is 9.59 Å². The SMILES string of the molecule is CCOC(=O)C1(Sc2ccc(Cl)cc2C)CCCC1C(=O)NCC#N. The number of hydrogen-bond donors (Lipinski definition) is 1. The first-order valence-corrected chi connectivity index (χ1v) is 9.41. The summed E-state index contributed by atoms with van der Waals surface area (Å²) in [6, 6.07) is 7.38. The summed E-state index contributed by atoms with van der Waals surface area (Å²) in [7, 11) is 0. The lowest BCUT2D eigenvalue weighted by Crippen LogP contribution is -2.47. The fraction of sp³-hybridized carbons (Fsp3) is 0.500. The first-order chi connectivity index (χ1) is 11.9. The minimum atomic E-state index is -0.978. The Morgan fingerprint density at radius 2 is 2.28 bits per heavy atom. The highest BCUT2D eigenvalue weighted by atomic mass is 35.5. The van der Waals surface area contributed by atoms with E-state index in [0.717, 1.165) is 16.9 Å². The molecule has 0 aromatic heterocycles. The van der Waals surface area contributed by atoms with E-state index in [1.165, 1.54) is 11.8 Å².